The standard InChI is InChI=1S/C22H22/c1-15-13-17-7-3-5-9-21(17)19(15)11-12-20-16(2)14-18-8-4-6-10-22(18)20/h3-10,13-14,19-20H,11-12H2,1-2H3/t19-,20-/m0/s1. The lowest BCUT2D eigenvalue weighted by molar-refractivity contribution is 0.611. The highest BCUT2D eigenvalue weighted by molar-refractivity contribution is 5.67. The maximum Gasteiger partial charge on any atom is 0.00549 e. The van der Waals surface area contributed by atoms with Crippen LogP contribution in [-0.2, 0) is 0 Å². The van der Waals surface area contributed by atoms with Gasteiger partial charge in [0.2, 0.25) is 0 Å². The lowest BCUT2D eigenvalue weighted by Crippen LogP contribution is -2.03. The molecular formula is C22H22. The molecule has 0 radical (unpaired) electrons. The van der Waals surface area contributed by atoms with Crippen molar-refractivity contribution in [3.63, 3.8) is 0 Å². The zero-order valence-corrected chi connectivity index (χ0v) is 13.3. The molecule has 0 nitrogen and oxygen atoms in total. The van der Waals surface area contributed by atoms with Crippen LogP contribution in [-0.4, -0.2) is 0 Å². The van der Waals surface area contributed by atoms with Gasteiger partial charge in [0.15, 0.2) is 0 Å². The summed E-state index contributed by atoms with van der Waals surface area (Å²) in [5.41, 5.74) is 8.93. The fourth-order valence-electron chi connectivity index (χ4n) is 4.20. The van der Waals surface area contributed by atoms with Gasteiger partial charge in [-0.1, -0.05) is 71.8 Å². The van der Waals surface area contributed by atoms with Crippen molar-refractivity contribution in [1.82, 2.24) is 0 Å². The molecule has 0 aromatic heterocycles. The molecule has 110 valence electrons. The number of allylic oxidation sites excluding steroid dienone is 2. The van der Waals surface area contributed by atoms with Gasteiger partial charge >= 0.3 is 0 Å². The Morgan fingerprint density at radius 1 is 0.636 bits per heavy atom. The third-order valence-electron chi connectivity index (χ3n) is 5.35. The third-order valence-corrected chi connectivity index (χ3v) is 5.35. The van der Waals surface area contributed by atoms with E-state index in [1.54, 1.807) is 0 Å². The number of fused-ring (bicyclic) bond motifs is 2. The van der Waals surface area contributed by atoms with Crippen molar-refractivity contribution in [3.8, 4) is 0 Å². The second-order valence-electron chi connectivity index (χ2n) is 6.72. The molecule has 0 amide bonds. The Labute approximate surface area is 133 Å². The molecule has 0 saturated heterocycles. The van der Waals surface area contributed by atoms with E-state index in [0.717, 1.165) is 0 Å². The Balaban J connectivity index is 1.55. The fourth-order valence-corrected chi connectivity index (χ4v) is 4.20. The molecule has 0 unspecified atom stereocenters. The smallest absolute Gasteiger partial charge is 0.00549 e. The van der Waals surface area contributed by atoms with Crippen molar-refractivity contribution in [2.45, 2.75) is 38.5 Å². The first-order valence-corrected chi connectivity index (χ1v) is 8.28. The van der Waals surface area contributed by atoms with Crippen LogP contribution in [0.2, 0.25) is 0 Å². The predicted molar refractivity (Wildman–Crippen MR) is 94.9 cm³/mol. The van der Waals surface area contributed by atoms with Crippen LogP contribution in [0.3, 0.4) is 0 Å². The molecule has 0 heterocycles. The second-order valence-corrected chi connectivity index (χ2v) is 6.72. The maximum atomic E-state index is 2.37. The van der Waals surface area contributed by atoms with E-state index in [1.165, 1.54) is 46.2 Å². The highest BCUT2D eigenvalue weighted by Crippen LogP contribution is 2.44. The lowest BCUT2D eigenvalue weighted by atomic mass is 9.85. The first-order chi connectivity index (χ1) is 10.7. The van der Waals surface area contributed by atoms with E-state index in [9.17, 15) is 0 Å². The minimum absolute atomic E-state index is 0.608. The van der Waals surface area contributed by atoms with Crippen LogP contribution in [0, 0.1) is 0 Å². The summed E-state index contributed by atoms with van der Waals surface area (Å²) in [6.07, 6.45) is 7.21. The van der Waals surface area contributed by atoms with Gasteiger partial charge in [-0.05, 0) is 48.9 Å². The Morgan fingerprint density at radius 2 is 1.05 bits per heavy atom. The quantitative estimate of drug-likeness (QED) is 0.633. The molecule has 0 aliphatic heterocycles. The summed E-state index contributed by atoms with van der Waals surface area (Å²) in [7, 11) is 0. The summed E-state index contributed by atoms with van der Waals surface area (Å²) in [6.45, 7) is 4.58. The summed E-state index contributed by atoms with van der Waals surface area (Å²) in [5.74, 6) is 1.22. The first kappa shape index (κ1) is 13.6. The minimum atomic E-state index is 0.608. The van der Waals surface area contributed by atoms with Crippen molar-refractivity contribution in [2.75, 3.05) is 0 Å². The molecule has 0 heteroatoms. The van der Waals surface area contributed by atoms with Crippen LogP contribution < -0.4 is 0 Å². The van der Waals surface area contributed by atoms with Gasteiger partial charge in [-0.25, -0.2) is 0 Å². The molecule has 2 aliphatic rings. The van der Waals surface area contributed by atoms with Gasteiger partial charge in [-0.15, -0.1) is 0 Å². The van der Waals surface area contributed by atoms with Crippen LogP contribution in [0.5, 0.6) is 0 Å². The van der Waals surface area contributed by atoms with E-state index in [4.69, 9.17) is 0 Å². The van der Waals surface area contributed by atoms with Crippen LogP contribution in [0.25, 0.3) is 12.2 Å². The molecule has 2 atom stereocenters. The molecule has 0 fully saturated rings. The molecule has 0 spiro atoms. The molecular weight excluding hydrogens is 264 g/mol. The topological polar surface area (TPSA) is 0 Å². The Hall–Kier alpha value is -2.08. The lowest BCUT2D eigenvalue weighted by Gasteiger charge is -2.19. The Kier molecular flexibility index (Phi) is 3.26. The largest absolute Gasteiger partial charge is 0.0652 e. The van der Waals surface area contributed by atoms with Crippen LogP contribution in [0.4, 0.5) is 0 Å². The minimum Gasteiger partial charge on any atom is -0.0652 e. The molecule has 0 N–H and O–H groups in total. The molecule has 0 saturated carbocycles. The second kappa shape index (κ2) is 5.28. The zero-order chi connectivity index (χ0) is 15.1. The normalized spacial score (nSPS) is 22.1. The van der Waals surface area contributed by atoms with Crippen molar-refractivity contribution < 1.29 is 0 Å². The van der Waals surface area contributed by atoms with E-state index >= 15 is 0 Å². The van der Waals surface area contributed by atoms with Crippen molar-refractivity contribution in [2.24, 2.45) is 0 Å². The fraction of sp³-hybridized carbons (Fsp3) is 0.273. The predicted octanol–water partition coefficient (Wildman–Crippen LogP) is 6.17. The van der Waals surface area contributed by atoms with Gasteiger partial charge in [-0.3, -0.25) is 0 Å². The van der Waals surface area contributed by atoms with E-state index in [1.807, 2.05) is 0 Å². The van der Waals surface area contributed by atoms with Crippen LogP contribution >= 0.6 is 0 Å². The average molecular weight is 286 g/mol. The van der Waals surface area contributed by atoms with Crippen LogP contribution in [0.15, 0.2) is 59.7 Å². The van der Waals surface area contributed by atoms with Gasteiger partial charge in [-0.2, -0.15) is 0 Å². The van der Waals surface area contributed by atoms with E-state index < -0.39 is 0 Å². The summed E-state index contributed by atoms with van der Waals surface area (Å²) in [4.78, 5) is 0. The Morgan fingerprint density at radius 3 is 1.50 bits per heavy atom. The Bertz CT molecular complexity index is 709. The third kappa shape index (κ3) is 2.14. The first-order valence-electron chi connectivity index (χ1n) is 8.28. The average Bonchev–Trinajstić information content (AvgIpc) is 3.01. The van der Waals surface area contributed by atoms with Crippen LogP contribution in [0.1, 0.15) is 60.8 Å². The van der Waals surface area contributed by atoms with Gasteiger partial charge in [0.1, 0.15) is 0 Å². The maximum absolute atomic E-state index is 2.37. The van der Waals surface area contributed by atoms with E-state index in [-0.39, 0.29) is 0 Å². The number of rotatable bonds is 3. The zero-order valence-electron chi connectivity index (χ0n) is 13.3. The highest BCUT2D eigenvalue weighted by Gasteiger charge is 2.26. The van der Waals surface area contributed by atoms with E-state index in [0.29, 0.717) is 11.8 Å². The van der Waals surface area contributed by atoms with Crippen molar-refractivity contribution in [1.29, 1.82) is 0 Å². The molecule has 2 aromatic rings. The van der Waals surface area contributed by atoms with Gasteiger partial charge < -0.3 is 0 Å². The van der Waals surface area contributed by atoms with Gasteiger partial charge in [0.25, 0.3) is 0 Å². The molecule has 2 aliphatic carbocycles. The number of hydrogen-bond acceptors (Lipinski definition) is 0. The molecule has 22 heavy (non-hydrogen) atoms. The van der Waals surface area contributed by atoms with Crippen molar-refractivity contribution in [3.05, 3.63) is 81.9 Å². The summed E-state index contributed by atoms with van der Waals surface area (Å²) >= 11 is 0. The number of hydrogen-bond donors (Lipinski definition) is 0. The van der Waals surface area contributed by atoms with Crippen molar-refractivity contribution >= 4 is 12.2 Å². The molecule has 0 bridgehead atoms. The summed E-state index contributed by atoms with van der Waals surface area (Å²) in [6, 6.07) is 17.7. The van der Waals surface area contributed by atoms with E-state index in [2.05, 4.69) is 74.5 Å². The number of benzene rings is 2. The van der Waals surface area contributed by atoms with Gasteiger partial charge in [0.05, 0.1) is 0 Å². The summed E-state index contributed by atoms with van der Waals surface area (Å²) in [5, 5.41) is 0. The highest BCUT2D eigenvalue weighted by atomic mass is 14.3. The molecule has 2 aromatic carbocycles. The SMILES string of the molecule is CC1=Cc2ccccc2[C@H]1CC[C@H]1C(C)=Cc2ccccc21. The monoisotopic (exact) mass is 286 g/mol. The summed E-state index contributed by atoms with van der Waals surface area (Å²) < 4.78 is 0. The van der Waals surface area contributed by atoms with Gasteiger partial charge in [0, 0.05) is 11.8 Å². The molecule has 4 rings (SSSR count).